The minimum atomic E-state index is -1.04. The molecule has 6 nitrogen and oxygen atoms in total. The first kappa shape index (κ1) is 9.76. The van der Waals surface area contributed by atoms with E-state index in [-0.39, 0.29) is 5.34 Å². The average molecular weight is 148 g/mol. The van der Waals surface area contributed by atoms with Crippen LogP contribution < -0.4 is 5.73 Å². The molecule has 0 aliphatic heterocycles. The Balaban J connectivity index is 3.68. The third kappa shape index (κ3) is 4.62. The molecule has 0 aromatic heterocycles. The summed E-state index contributed by atoms with van der Waals surface area (Å²) in [5.74, 6) is 6.73. The molecule has 0 amide bonds. The van der Waals surface area contributed by atoms with Crippen LogP contribution in [0.3, 0.4) is 0 Å². The van der Waals surface area contributed by atoms with Gasteiger partial charge in [0.1, 0.15) is 5.72 Å². The second-order valence-corrected chi connectivity index (χ2v) is 2.46. The van der Waals surface area contributed by atoms with Crippen molar-refractivity contribution in [1.29, 1.82) is 0 Å². The van der Waals surface area contributed by atoms with Gasteiger partial charge in [0, 0.05) is 0 Å². The number of nitrogens with two attached hydrogens (primary N) is 1. The van der Waals surface area contributed by atoms with Gasteiger partial charge in [-0.2, -0.15) is 0 Å². The van der Waals surface area contributed by atoms with Gasteiger partial charge in [-0.05, 0) is 20.9 Å². The Hall–Kier alpha value is -0.240. The predicted molar refractivity (Wildman–Crippen MR) is 36.6 cm³/mol. The van der Waals surface area contributed by atoms with Crippen molar-refractivity contribution in [3.8, 4) is 0 Å². The van der Waals surface area contributed by atoms with Crippen LogP contribution in [0, 0.1) is 5.21 Å². The fourth-order valence-corrected chi connectivity index (χ4v) is 0.263. The zero-order chi connectivity index (χ0) is 8.36. The van der Waals surface area contributed by atoms with Crippen LogP contribution in [-0.4, -0.2) is 23.2 Å². The number of hydrazine groups is 1. The molecule has 0 rings (SSSR count). The molecule has 0 bridgehead atoms. The molecule has 0 spiro atoms. The monoisotopic (exact) mass is 148 g/mol. The van der Waals surface area contributed by atoms with Gasteiger partial charge in [0.2, 0.25) is 0 Å². The van der Waals surface area contributed by atoms with Gasteiger partial charge < -0.3 is 21.9 Å². The summed E-state index contributed by atoms with van der Waals surface area (Å²) in [5.41, 5.74) is 4.26. The van der Waals surface area contributed by atoms with Crippen molar-refractivity contribution >= 4 is 0 Å². The fraction of sp³-hybridized carbons (Fsp3) is 1.00. The van der Waals surface area contributed by atoms with E-state index in [1.165, 1.54) is 20.9 Å². The third-order valence-corrected chi connectivity index (χ3v) is 0.558. The Morgan fingerprint density at radius 1 is 1.60 bits per heavy atom. The number of rotatable bonds is 3. The second kappa shape index (κ2) is 3.24. The smallest absolute Gasteiger partial charge is 0.132 e. The Labute approximate surface area is 59.8 Å². The van der Waals surface area contributed by atoms with Crippen LogP contribution in [0.25, 0.3) is 5.84 Å². The zero-order valence-corrected chi connectivity index (χ0v) is 6.29. The van der Waals surface area contributed by atoms with Crippen molar-refractivity contribution in [3.63, 3.8) is 0 Å². The molecular formula is C4H12N4O2-2. The number of hydrogen-bond acceptors (Lipinski definition) is 5. The van der Waals surface area contributed by atoms with E-state index >= 15 is 0 Å². The lowest BCUT2D eigenvalue weighted by molar-refractivity contribution is -0.281. The van der Waals surface area contributed by atoms with Gasteiger partial charge in [0.05, 0.1) is 0 Å². The van der Waals surface area contributed by atoms with E-state index in [4.69, 9.17) is 11.6 Å². The van der Waals surface area contributed by atoms with Gasteiger partial charge >= 0.3 is 0 Å². The van der Waals surface area contributed by atoms with E-state index < -0.39 is 5.72 Å². The maximum absolute atomic E-state index is 10.5. The van der Waals surface area contributed by atoms with Gasteiger partial charge in [0.25, 0.3) is 0 Å². The van der Waals surface area contributed by atoms with Crippen molar-refractivity contribution in [2.45, 2.75) is 19.6 Å². The first-order valence-corrected chi connectivity index (χ1v) is 2.73. The van der Waals surface area contributed by atoms with E-state index in [9.17, 15) is 5.21 Å². The molecule has 62 valence electrons. The van der Waals surface area contributed by atoms with Crippen LogP contribution in [-0.2, 0) is 4.84 Å². The van der Waals surface area contributed by atoms with E-state index in [1.807, 2.05) is 0 Å². The highest BCUT2D eigenvalue weighted by molar-refractivity contribution is 4.55. The van der Waals surface area contributed by atoms with Gasteiger partial charge in [-0.3, -0.25) is 4.84 Å². The first-order valence-electron chi connectivity index (χ1n) is 2.73. The van der Waals surface area contributed by atoms with Crippen LogP contribution in [0.15, 0.2) is 0 Å². The molecule has 0 heterocycles. The van der Waals surface area contributed by atoms with Crippen LogP contribution in [0.1, 0.15) is 13.8 Å². The zero-order valence-electron chi connectivity index (χ0n) is 6.29. The summed E-state index contributed by atoms with van der Waals surface area (Å²) in [6, 6.07) is 0. The fourth-order valence-electron chi connectivity index (χ4n) is 0.263. The summed E-state index contributed by atoms with van der Waals surface area (Å²) >= 11 is 0. The molecule has 0 saturated carbocycles. The lowest BCUT2D eigenvalue weighted by Crippen LogP contribution is -2.44. The van der Waals surface area contributed by atoms with E-state index in [0.717, 1.165) is 0 Å². The number of nitrogens with zero attached hydrogens (tertiary/aromatic N) is 2. The maximum Gasteiger partial charge on any atom is 0.132 e. The molecule has 0 aromatic carbocycles. The van der Waals surface area contributed by atoms with Crippen LogP contribution >= 0.6 is 0 Å². The average Bonchev–Trinajstić information content (AvgIpc) is 1.60. The van der Waals surface area contributed by atoms with Gasteiger partial charge in [-0.15, -0.1) is 0 Å². The Morgan fingerprint density at radius 3 is 2.10 bits per heavy atom. The molecule has 3 N–H and O–H groups in total. The van der Waals surface area contributed by atoms with Crippen LogP contribution in [0.5, 0.6) is 0 Å². The molecule has 0 fully saturated rings. The van der Waals surface area contributed by atoms with E-state index in [0.29, 0.717) is 5.12 Å². The van der Waals surface area contributed by atoms with Gasteiger partial charge in [-0.1, -0.05) is 0 Å². The van der Waals surface area contributed by atoms with Gasteiger partial charge in [0.15, 0.2) is 0 Å². The molecule has 0 radical (unpaired) electrons. The minimum Gasteiger partial charge on any atom is -0.749 e. The molecule has 0 saturated heterocycles. The highest BCUT2D eigenvalue weighted by atomic mass is 16.9. The summed E-state index contributed by atoms with van der Waals surface area (Å²) in [4.78, 5) is 4.49. The largest absolute Gasteiger partial charge is 0.749 e. The van der Waals surface area contributed by atoms with Crippen molar-refractivity contribution in [2.75, 3.05) is 7.05 Å². The standard InChI is InChI=1S/C4H12N4O2/c1-4(2,5)10-8(9)7(3)6/h6H,5H2,1-3H3/q-2. The molecule has 10 heavy (non-hydrogen) atoms. The number of hydrogen-bond donors (Lipinski definition) is 1. The summed E-state index contributed by atoms with van der Waals surface area (Å²) in [6.07, 6.45) is 0. The lowest BCUT2D eigenvalue weighted by Gasteiger charge is -2.42. The minimum absolute atomic E-state index is 0. The van der Waals surface area contributed by atoms with Crippen molar-refractivity contribution < 1.29 is 4.84 Å². The van der Waals surface area contributed by atoms with Crippen molar-refractivity contribution in [2.24, 2.45) is 5.73 Å². The Kier molecular flexibility index (Phi) is 3.16. The van der Waals surface area contributed by atoms with Crippen molar-refractivity contribution in [1.82, 2.24) is 10.5 Å². The molecule has 0 aliphatic rings. The second-order valence-electron chi connectivity index (χ2n) is 2.46. The SMILES string of the molecule is CN([NH-])N([O-])OC(C)(C)N. The molecule has 0 aromatic rings. The number of nitrogens with one attached hydrogen (secondary N) is 1. The topological polar surface area (TPSA) is 88.6 Å². The van der Waals surface area contributed by atoms with Crippen LogP contribution in [0.2, 0.25) is 0 Å². The van der Waals surface area contributed by atoms with Crippen molar-refractivity contribution in [3.05, 3.63) is 11.0 Å². The normalized spacial score (nSPS) is 13.2. The molecule has 0 unspecified atom stereocenters. The summed E-state index contributed by atoms with van der Waals surface area (Å²) in [6.45, 7) is 3.03. The van der Waals surface area contributed by atoms with E-state index in [1.54, 1.807) is 0 Å². The molecular weight excluding hydrogens is 136 g/mol. The van der Waals surface area contributed by atoms with Gasteiger partial charge in [-0.25, -0.2) is 5.34 Å². The summed E-state index contributed by atoms with van der Waals surface area (Å²) in [5, 5.41) is 11.0. The third-order valence-electron chi connectivity index (χ3n) is 0.558. The maximum atomic E-state index is 10.5. The van der Waals surface area contributed by atoms with E-state index in [2.05, 4.69) is 4.84 Å². The summed E-state index contributed by atoms with van der Waals surface area (Å²) in [7, 11) is 1.23. The lowest BCUT2D eigenvalue weighted by atomic mass is 10.3. The molecule has 0 aliphatic carbocycles. The predicted octanol–water partition coefficient (Wildman–Crippen LogP) is 0.227. The summed E-state index contributed by atoms with van der Waals surface area (Å²) < 4.78 is 0. The highest BCUT2D eigenvalue weighted by Crippen LogP contribution is 2.03. The Bertz CT molecular complexity index is 99.9. The molecule has 0 atom stereocenters. The van der Waals surface area contributed by atoms with Crippen LogP contribution in [0.4, 0.5) is 0 Å². The quantitative estimate of drug-likeness (QED) is 0.457. The molecule has 6 heteroatoms. The Morgan fingerprint density at radius 2 is 2.00 bits per heavy atom. The highest BCUT2D eigenvalue weighted by Gasteiger charge is 2.11. The first-order chi connectivity index (χ1) is 4.33.